The number of hydrogen-bond donors (Lipinski definition) is 4. The Morgan fingerprint density at radius 1 is 1.42 bits per heavy atom. The van der Waals surface area contributed by atoms with Crippen LogP contribution in [0, 0.1) is 4.77 Å². The van der Waals surface area contributed by atoms with Crippen molar-refractivity contribution in [1.29, 1.82) is 0 Å². The maximum absolute atomic E-state index is 13.1. The van der Waals surface area contributed by atoms with Gasteiger partial charge in [-0.05, 0) is 28.2 Å². The van der Waals surface area contributed by atoms with Crippen molar-refractivity contribution in [3.63, 3.8) is 0 Å². The van der Waals surface area contributed by atoms with E-state index in [1.807, 2.05) is 0 Å². The number of carbonyl (C=O) groups is 4. The number of nitrogens with one attached hydrogen (secondary N) is 1. The molecule has 0 spiro atoms. The molecule has 0 aromatic carbocycles. The number of rotatable bonds is 10. The lowest BCUT2D eigenvalue weighted by atomic mass is 9.98. The second-order valence-electron chi connectivity index (χ2n) is 7.09. The number of nitrogens with two attached hydrogens (primary N) is 1. The van der Waals surface area contributed by atoms with Gasteiger partial charge in [0.15, 0.2) is 0 Å². The van der Waals surface area contributed by atoms with E-state index in [-0.39, 0.29) is 34.3 Å². The second-order valence-corrected chi connectivity index (χ2v) is 9.55. The van der Waals surface area contributed by atoms with E-state index in [1.165, 1.54) is 28.2 Å². The van der Waals surface area contributed by atoms with E-state index in [0.29, 0.717) is 5.57 Å². The van der Waals surface area contributed by atoms with E-state index >= 15 is 0 Å². The van der Waals surface area contributed by atoms with Crippen LogP contribution in [0.2, 0.25) is 0 Å². The minimum atomic E-state index is -1.74. The Labute approximate surface area is 200 Å². The molecule has 14 nitrogen and oxygen atoms in total. The Morgan fingerprint density at radius 2 is 2.12 bits per heavy atom. The Kier molecular flexibility index (Phi) is 7.47. The van der Waals surface area contributed by atoms with Gasteiger partial charge in [0.2, 0.25) is 10.7 Å². The van der Waals surface area contributed by atoms with Crippen molar-refractivity contribution in [3.05, 3.63) is 16.0 Å². The van der Waals surface area contributed by atoms with Gasteiger partial charge >= 0.3 is 11.9 Å². The fraction of sp³-hybridized carbons (Fsp3) is 0.562. The molecule has 0 bridgehead atoms. The zero-order valence-electron chi connectivity index (χ0n) is 17.5. The average molecular weight is 520 g/mol. The molecule has 0 aliphatic carbocycles. The molecule has 3 rings (SSSR count). The van der Waals surface area contributed by atoms with Crippen LogP contribution in [0.3, 0.4) is 0 Å². The number of ether oxygens (including phenoxy) is 1. The standard InChI is InChI=1S/C16H21N7O7S3/c1-21-15(31)22(20-19-21)3-7-4-33-14-16(30-2,13(29)23(14)10(7)12(27)28)18-9(24)6-32-5-8(17)11(25)26/h8,14H,3-6,17H2,1-2H3,(H,18,24)(H,25,26)(H,27,28)/t8-,14-,16+/m1/s1. The molecule has 5 N–H and O–H groups in total. The number of hydrogen-bond acceptors (Lipinski definition) is 11. The van der Waals surface area contributed by atoms with Crippen LogP contribution in [0.5, 0.6) is 0 Å². The van der Waals surface area contributed by atoms with E-state index in [2.05, 4.69) is 15.7 Å². The molecule has 1 aromatic rings. The third kappa shape index (κ3) is 4.63. The number of aliphatic carboxylic acids is 2. The van der Waals surface area contributed by atoms with Crippen molar-refractivity contribution < 1.29 is 34.1 Å². The van der Waals surface area contributed by atoms with Crippen molar-refractivity contribution in [2.75, 3.05) is 24.4 Å². The molecule has 17 heteroatoms. The number of carboxylic acids is 2. The predicted molar refractivity (Wildman–Crippen MR) is 118 cm³/mol. The SMILES string of the molecule is CO[C@@]1(NC(=O)CSC[C@@H](N)C(=O)O)C(=O)N2C(C(=O)O)=C(Cn3nnn(C)c3=S)CS[C@@H]21. The van der Waals surface area contributed by atoms with Gasteiger partial charge < -0.3 is 26.0 Å². The molecule has 2 aliphatic rings. The number of β-lactam (4-membered cyclic amide) rings is 1. The first-order valence-corrected chi connectivity index (χ1v) is 11.9. The van der Waals surface area contributed by atoms with E-state index in [1.54, 1.807) is 7.05 Å². The number of amides is 2. The van der Waals surface area contributed by atoms with Gasteiger partial charge in [-0.15, -0.1) is 23.5 Å². The highest BCUT2D eigenvalue weighted by atomic mass is 32.2. The molecule has 2 aliphatic heterocycles. The second kappa shape index (κ2) is 9.80. The maximum atomic E-state index is 13.1. The molecule has 1 aromatic heterocycles. The van der Waals surface area contributed by atoms with Crippen LogP contribution in [-0.4, -0.2) is 100 Å². The lowest BCUT2D eigenvalue weighted by molar-refractivity contribution is -0.192. The number of carboxylic acid groups (broad SMARTS) is 2. The molecule has 0 radical (unpaired) electrons. The summed E-state index contributed by atoms with van der Waals surface area (Å²) in [5, 5.41) is 28.0. The highest BCUT2D eigenvalue weighted by molar-refractivity contribution is 8.00. The minimum Gasteiger partial charge on any atom is -0.480 e. The summed E-state index contributed by atoms with van der Waals surface area (Å²) < 4.78 is 8.35. The van der Waals surface area contributed by atoms with Gasteiger partial charge in [-0.25, -0.2) is 14.2 Å². The number of nitrogens with zero attached hydrogens (tertiary/aromatic N) is 5. The normalized spacial score (nSPS) is 23.1. The fourth-order valence-electron chi connectivity index (χ4n) is 3.29. The highest BCUT2D eigenvalue weighted by Gasteiger charge is 2.66. The summed E-state index contributed by atoms with van der Waals surface area (Å²) in [6, 6.07) is -1.13. The van der Waals surface area contributed by atoms with Crippen LogP contribution in [0.15, 0.2) is 11.3 Å². The molecule has 2 amide bonds. The van der Waals surface area contributed by atoms with Gasteiger partial charge in [0.1, 0.15) is 17.1 Å². The summed E-state index contributed by atoms with van der Waals surface area (Å²) in [7, 11) is 2.84. The minimum absolute atomic E-state index is 0.00113. The Bertz CT molecular complexity index is 1090. The van der Waals surface area contributed by atoms with E-state index in [9.17, 15) is 24.3 Å². The number of thioether (sulfide) groups is 2. The van der Waals surface area contributed by atoms with Crippen molar-refractivity contribution in [2.45, 2.75) is 23.7 Å². The quantitative estimate of drug-likeness (QED) is 0.154. The Balaban J connectivity index is 1.76. The average Bonchev–Trinajstić information content (AvgIpc) is 3.08. The number of carbonyl (C=O) groups excluding carboxylic acids is 2. The van der Waals surface area contributed by atoms with E-state index < -0.39 is 40.9 Å². The monoisotopic (exact) mass is 519 g/mol. The van der Waals surface area contributed by atoms with E-state index in [0.717, 1.165) is 16.7 Å². The van der Waals surface area contributed by atoms with Gasteiger partial charge in [0, 0.05) is 25.7 Å². The Hall–Kier alpha value is -2.47. The first kappa shape index (κ1) is 25.2. The maximum Gasteiger partial charge on any atom is 0.352 e. The van der Waals surface area contributed by atoms with E-state index in [4.69, 9.17) is 27.8 Å². The first-order chi connectivity index (χ1) is 15.5. The predicted octanol–water partition coefficient (Wildman–Crippen LogP) is -1.80. The fourth-order valence-corrected chi connectivity index (χ4v) is 5.63. The molecule has 3 atom stereocenters. The molecular weight excluding hydrogens is 498 g/mol. The van der Waals surface area contributed by atoms with Gasteiger partial charge in [-0.1, -0.05) is 0 Å². The molecule has 33 heavy (non-hydrogen) atoms. The van der Waals surface area contributed by atoms with Crippen LogP contribution in [-0.2, 0) is 37.5 Å². The number of aromatic nitrogens is 4. The van der Waals surface area contributed by atoms with Crippen molar-refractivity contribution in [3.8, 4) is 0 Å². The zero-order chi connectivity index (χ0) is 24.5. The lowest BCUT2D eigenvalue weighted by Crippen LogP contribution is -2.80. The summed E-state index contributed by atoms with van der Waals surface area (Å²) in [5.41, 5.74) is 3.85. The molecule has 1 saturated heterocycles. The number of tetrazole rings is 1. The molecular formula is C16H21N7O7S3. The van der Waals surface area contributed by atoms with Crippen molar-refractivity contribution in [1.82, 2.24) is 30.0 Å². The van der Waals surface area contributed by atoms with Crippen LogP contribution in [0.1, 0.15) is 0 Å². The van der Waals surface area contributed by atoms with Crippen LogP contribution in [0.25, 0.3) is 0 Å². The number of methoxy groups -OCH3 is 1. The summed E-state index contributed by atoms with van der Waals surface area (Å²) in [6.07, 6.45) is 0. The van der Waals surface area contributed by atoms with Crippen LogP contribution >= 0.6 is 35.7 Å². The summed E-state index contributed by atoms with van der Waals surface area (Å²) in [6.45, 7) is 0.0324. The third-order valence-corrected chi connectivity index (χ3v) is 7.84. The number of fused-ring (bicyclic) bond motifs is 1. The molecule has 1 fully saturated rings. The third-order valence-electron chi connectivity index (χ3n) is 4.93. The molecule has 3 heterocycles. The van der Waals surface area contributed by atoms with Crippen LogP contribution in [0.4, 0.5) is 0 Å². The van der Waals surface area contributed by atoms with Gasteiger partial charge in [-0.3, -0.25) is 19.3 Å². The van der Waals surface area contributed by atoms with Crippen molar-refractivity contribution >= 4 is 59.5 Å². The largest absolute Gasteiger partial charge is 0.480 e. The Morgan fingerprint density at radius 3 is 2.67 bits per heavy atom. The lowest BCUT2D eigenvalue weighted by Gasteiger charge is -2.55. The summed E-state index contributed by atoms with van der Waals surface area (Å²) >= 11 is 7.40. The molecule has 0 saturated carbocycles. The smallest absolute Gasteiger partial charge is 0.352 e. The van der Waals surface area contributed by atoms with Gasteiger partial charge in [0.25, 0.3) is 11.6 Å². The highest BCUT2D eigenvalue weighted by Crippen LogP contribution is 2.46. The zero-order valence-corrected chi connectivity index (χ0v) is 19.9. The summed E-state index contributed by atoms with van der Waals surface area (Å²) in [4.78, 5) is 49.3. The molecule has 180 valence electrons. The molecule has 0 unspecified atom stereocenters. The first-order valence-electron chi connectivity index (χ1n) is 9.33. The van der Waals surface area contributed by atoms with Gasteiger partial charge in [0.05, 0.1) is 12.3 Å². The summed E-state index contributed by atoms with van der Waals surface area (Å²) in [5.74, 6) is -3.75. The van der Waals surface area contributed by atoms with Crippen molar-refractivity contribution in [2.24, 2.45) is 12.8 Å². The van der Waals surface area contributed by atoms with Crippen LogP contribution < -0.4 is 11.1 Å². The van der Waals surface area contributed by atoms with Gasteiger partial charge in [-0.2, -0.15) is 0 Å². The topological polar surface area (TPSA) is 195 Å². The number of aryl methyl sites for hydroxylation is 1.